The molecule has 4 nitrogen and oxygen atoms in total. The van der Waals surface area contributed by atoms with Crippen molar-refractivity contribution >= 4 is 28.3 Å². The van der Waals surface area contributed by atoms with Gasteiger partial charge in [0.05, 0.1) is 13.7 Å². The van der Waals surface area contributed by atoms with E-state index in [9.17, 15) is 0 Å². The van der Waals surface area contributed by atoms with Crippen LogP contribution in [0.5, 0.6) is 11.5 Å². The summed E-state index contributed by atoms with van der Waals surface area (Å²) in [5.41, 5.74) is 6.51. The van der Waals surface area contributed by atoms with Crippen LogP contribution in [0.1, 0.15) is 5.56 Å². The maximum atomic E-state index is 8.66. The minimum Gasteiger partial charge on any atom is -0.493 e. The minimum atomic E-state index is -0.0284. The van der Waals surface area contributed by atoms with E-state index in [0.717, 1.165) is 10.0 Å². The van der Waals surface area contributed by atoms with Gasteiger partial charge in [0.15, 0.2) is 11.5 Å². The van der Waals surface area contributed by atoms with Crippen molar-refractivity contribution in [3.8, 4) is 11.5 Å². The number of methoxy groups -OCH3 is 1. The molecule has 0 aliphatic carbocycles. The van der Waals surface area contributed by atoms with E-state index in [1.165, 1.54) is 0 Å². The summed E-state index contributed by atoms with van der Waals surface area (Å²) in [6, 6.07) is 3.60. The summed E-state index contributed by atoms with van der Waals surface area (Å²) in [7, 11) is 1.56. The molecule has 0 aliphatic rings. The fraction of sp³-hybridized carbons (Fsp3) is 0.400. The Balaban J connectivity index is 0.00000225. The molecule has 1 rings (SSSR count). The lowest BCUT2D eigenvalue weighted by Crippen LogP contribution is -2.04. The number of nitrogens with two attached hydrogens (primary N) is 1. The van der Waals surface area contributed by atoms with Gasteiger partial charge in [0.2, 0.25) is 0 Å². The summed E-state index contributed by atoms with van der Waals surface area (Å²) in [5.74, 6) is 1.21. The second-order valence-corrected chi connectivity index (χ2v) is 3.73. The highest BCUT2D eigenvalue weighted by molar-refractivity contribution is 9.10. The minimum absolute atomic E-state index is 0. The Morgan fingerprint density at radius 2 is 2.06 bits per heavy atom. The van der Waals surface area contributed by atoms with E-state index in [4.69, 9.17) is 20.3 Å². The summed E-state index contributed by atoms with van der Waals surface area (Å²) in [6.07, 6.45) is 0. The van der Waals surface area contributed by atoms with E-state index < -0.39 is 0 Å². The fourth-order valence-corrected chi connectivity index (χ4v) is 1.65. The van der Waals surface area contributed by atoms with Gasteiger partial charge in [-0.25, -0.2) is 0 Å². The molecule has 0 saturated carbocycles. The number of halogens is 2. The molecule has 1 aromatic rings. The number of aliphatic hydroxyl groups excluding tert-OH is 1. The number of hydrogen-bond acceptors (Lipinski definition) is 4. The van der Waals surface area contributed by atoms with Crippen molar-refractivity contribution in [3.05, 3.63) is 22.2 Å². The van der Waals surface area contributed by atoms with Crippen LogP contribution in [0.25, 0.3) is 0 Å². The van der Waals surface area contributed by atoms with E-state index >= 15 is 0 Å². The molecular formula is C10H15BrClNO3. The molecule has 0 unspecified atom stereocenters. The van der Waals surface area contributed by atoms with Gasteiger partial charge in [-0.1, -0.05) is 15.9 Å². The van der Waals surface area contributed by atoms with Crippen LogP contribution in [-0.2, 0) is 6.54 Å². The standard InChI is InChI=1S/C10H14BrNO3.ClH/c1-14-9-4-7(6-12)8(11)5-10(9)15-3-2-13;/h4-5,13H,2-3,6,12H2,1H3;1H. The van der Waals surface area contributed by atoms with E-state index in [-0.39, 0.29) is 25.6 Å². The number of aliphatic hydroxyl groups is 1. The molecule has 0 heterocycles. The molecule has 0 saturated heterocycles. The number of benzene rings is 1. The van der Waals surface area contributed by atoms with Crippen LogP contribution < -0.4 is 15.2 Å². The normalized spacial score (nSPS) is 9.50. The molecule has 16 heavy (non-hydrogen) atoms. The smallest absolute Gasteiger partial charge is 0.162 e. The summed E-state index contributed by atoms with van der Waals surface area (Å²) in [4.78, 5) is 0. The third-order valence-electron chi connectivity index (χ3n) is 1.90. The van der Waals surface area contributed by atoms with Crippen molar-refractivity contribution in [1.29, 1.82) is 0 Å². The second-order valence-electron chi connectivity index (χ2n) is 2.87. The van der Waals surface area contributed by atoms with Gasteiger partial charge in [-0.05, 0) is 17.7 Å². The molecular weight excluding hydrogens is 297 g/mol. The Morgan fingerprint density at radius 1 is 1.38 bits per heavy atom. The number of hydrogen-bond donors (Lipinski definition) is 2. The van der Waals surface area contributed by atoms with Crippen molar-refractivity contribution < 1.29 is 14.6 Å². The highest BCUT2D eigenvalue weighted by atomic mass is 79.9. The van der Waals surface area contributed by atoms with Gasteiger partial charge in [-0.15, -0.1) is 12.4 Å². The molecule has 0 atom stereocenters. The first kappa shape index (κ1) is 15.5. The highest BCUT2D eigenvalue weighted by Crippen LogP contribution is 2.33. The summed E-state index contributed by atoms with van der Waals surface area (Å²) < 4.78 is 11.3. The van der Waals surface area contributed by atoms with E-state index in [2.05, 4.69) is 15.9 Å². The molecule has 6 heteroatoms. The first-order chi connectivity index (χ1) is 7.22. The Kier molecular flexibility index (Phi) is 7.49. The molecule has 0 spiro atoms. The molecule has 0 fully saturated rings. The predicted octanol–water partition coefficient (Wildman–Crippen LogP) is 1.71. The average Bonchev–Trinajstić information content (AvgIpc) is 2.26. The molecule has 0 aromatic heterocycles. The van der Waals surface area contributed by atoms with Gasteiger partial charge in [0.1, 0.15) is 6.61 Å². The third-order valence-corrected chi connectivity index (χ3v) is 2.64. The van der Waals surface area contributed by atoms with Crippen molar-refractivity contribution in [2.24, 2.45) is 5.73 Å². The van der Waals surface area contributed by atoms with Gasteiger partial charge >= 0.3 is 0 Å². The molecule has 0 bridgehead atoms. The van der Waals surface area contributed by atoms with Crippen molar-refractivity contribution in [3.63, 3.8) is 0 Å². The Hall–Kier alpha value is -0.490. The van der Waals surface area contributed by atoms with Gasteiger partial charge in [0, 0.05) is 11.0 Å². The fourth-order valence-electron chi connectivity index (χ4n) is 1.16. The lowest BCUT2D eigenvalue weighted by molar-refractivity contribution is 0.196. The van der Waals surface area contributed by atoms with Gasteiger partial charge in [0.25, 0.3) is 0 Å². The Morgan fingerprint density at radius 3 is 2.56 bits per heavy atom. The van der Waals surface area contributed by atoms with E-state index in [1.54, 1.807) is 13.2 Å². The first-order valence-electron chi connectivity index (χ1n) is 4.53. The number of ether oxygens (including phenoxy) is 2. The maximum Gasteiger partial charge on any atom is 0.162 e. The van der Waals surface area contributed by atoms with Crippen LogP contribution in [0.3, 0.4) is 0 Å². The van der Waals surface area contributed by atoms with Crippen LogP contribution >= 0.6 is 28.3 Å². The lowest BCUT2D eigenvalue weighted by atomic mass is 10.2. The van der Waals surface area contributed by atoms with Crippen LogP contribution in [0.15, 0.2) is 16.6 Å². The predicted molar refractivity (Wildman–Crippen MR) is 68.4 cm³/mol. The van der Waals surface area contributed by atoms with Crippen LogP contribution in [-0.4, -0.2) is 25.4 Å². The Bertz CT molecular complexity index is 336. The van der Waals surface area contributed by atoms with Crippen molar-refractivity contribution in [2.75, 3.05) is 20.3 Å². The zero-order chi connectivity index (χ0) is 11.3. The molecule has 0 radical (unpaired) electrons. The molecule has 3 N–H and O–H groups in total. The highest BCUT2D eigenvalue weighted by Gasteiger charge is 2.08. The number of rotatable bonds is 5. The van der Waals surface area contributed by atoms with Gasteiger partial charge in [-0.2, -0.15) is 0 Å². The van der Waals surface area contributed by atoms with E-state index in [0.29, 0.717) is 18.0 Å². The Labute approximate surface area is 109 Å². The SMILES string of the molecule is COc1cc(CN)c(Br)cc1OCCO.Cl. The molecule has 92 valence electrons. The average molecular weight is 313 g/mol. The topological polar surface area (TPSA) is 64.7 Å². The molecule has 0 aliphatic heterocycles. The van der Waals surface area contributed by atoms with Gasteiger partial charge in [-0.3, -0.25) is 0 Å². The third kappa shape index (κ3) is 3.83. The maximum absolute atomic E-state index is 8.66. The summed E-state index contributed by atoms with van der Waals surface area (Å²) in [5, 5.41) is 8.66. The van der Waals surface area contributed by atoms with Gasteiger partial charge < -0.3 is 20.3 Å². The lowest BCUT2D eigenvalue weighted by Gasteiger charge is -2.12. The first-order valence-corrected chi connectivity index (χ1v) is 5.32. The van der Waals surface area contributed by atoms with E-state index in [1.807, 2.05) is 6.07 Å². The summed E-state index contributed by atoms with van der Waals surface area (Å²) in [6.45, 7) is 0.640. The van der Waals surface area contributed by atoms with Crippen LogP contribution in [0, 0.1) is 0 Å². The largest absolute Gasteiger partial charge is 0.493 e. The van der Waals surface area contributed by atoms with Crippen LogP contribution in [0.4, 0.5) is 0 Å². The monoisotopic (exact) mass is 311 g/mol. The molecule has 1 aromatic carbocycles. The quantitative estimate of drug-likeness (QED) is 0.869. The van der Waals surface area contributed by atoms with Crippen molar-refractivity contribution in [1.82, 2.24) is 0 Å². The van der Waals surface area contributed by atoms with Crippen LogP contribution in [0.2, 0.25) is 0 Å². The zero-order valence-electron chi connectivity index (χ0n) is 8.90. The zero-order valence-corrected chi connectivity index (χ0v) is 11.3. The summed E-state index contributed by atoms with van der Waals surface area (Å²) >= 11 is 3.38. The second kappa shape index (κ2) is 7.73. The van der Waals surface area contributed by atoms with Crippen molar-refractivity contribution in [2.45, 2.75) is 6.54 Å². The molecule has 0 amide bonds.